The fourth-order valence-corrected chi connectivity index (χ4v) is 0.540. The molecule has 1 atom stereocenters. The minimum atomic E-state index is -0.476. The molecule has 0 spiro atoms. The van der Waals surface area contributed by atoms with Crippen LogP contribution >= 0.6 is 0 Å². The summed E-state index contributed by atoms with van der Waals surface area (Å²) in [7, 11) is 1.70. The topological polar surface area (TPSA) is 73.4 Å². The molecule has 0 bridgehead atoms. The number of hydrogen-bond donors (Lipinski definition) is 4. The van der Waals surface area contributed by atoms with Crippen LogP contribution in [0.1, 0.15) is 6.92 Å². The van der Waals surface area contributed by atoms with Crippen molar-refractivity contribution in [2.75, 3.05) is 13.7 Å². The summed E-state index contributed by atoms with van der Waals surface area (Å²) >= 11 is 0. The Hall–Kier alpha value is -0.650. The molecule has 0 rings (SSSR count). The van der Waals surface area contributed by atoms with Gasteiger partial charge in [0.05, 0.1) is 6.17 Å². The van der Waals surface area contributed by atoms with E-state index in [1.165, 1.54) is 0 Å². The first kappa shape index (κ1) is 9.35. The highest BCUT2D eigenvalue weighted by atomic mass is 16.3. The third-order valence-electron chi connectivity index (χ3n) is 0.882. The van der Waals surface area contributed by atoms with E-state index >= 15 is 0 Å². The Morgan fingerprint density at radius 2 is 2.30 bits per heavy atom. The van der Waals surface area contributed by atoms with E-state index in [1.807, 2.05) is 0 Å². The molecule has 1 amide bonds. The normalized spacial score (nSPS) is 12.7. The lowest BCUT2D eigenvalue weighted by molar-refractivity contribution is -0.124. The summed E-state index contributed by atoms with van der Waals surface area (Å²) < 4.78 is 0. The fraction of sp³-hybridized carbons (Fsp3) is 0.800. The van der Waals surface area contributed by atoms with Gasteiger partial charge in [-0.3, -0.25) is 10.2 Å². The zero-order chi connectivity index (χ0) is 7.98. The molecule has 0 saturated carbocycles. The first-order chi connectivity index (χ1) is 4.70. The maximum absolute atomic E-state index is 10.5. The molecule has 0 aliphatic rings. The van der Waals surface area contributed by atoms with Crippen LogP contribution in [0.5, 0.6) is 0 Å². The average Bonchev–Trinajstić information content (AvgIpc) is 1.88. The molecule has 0 aromatic carbocycles. The molecule has 60 valence electrons. The number of nitrogens with one attached hydrogen (secondary N) is 3. The van der Waals surface area contributed by atoms with Gasteiger partial charge in [0.15, 0.2) is 0 Å². The van der Waals surface area contributed by atoms with Crippen molar-refractivity contribution in [2.45, 2.75) is 13.1 Å². The van der Waals surface area contributed by atoms with E-state index in [4.69, 9.17) is 5.11 Å². The standard InChI is InChI=1S/C5H13N3O2/c1-4(8-6-2)7-5(10)3-9/h4,6,8-9H,3H2,1-2H3,(H,7,10). The molecule has 0 aromatic heterocycles. The van der Waals surface area contributed by atoms with Gasteiger partial charge >= 0.3 is 0 Å². The van der Waals surface area contributed by atoms with Gasteiger partial charge in [0, 0.05) is 0 Å². The Morgan fingerprint density at radius 3 is 2.70 bits per heavy atom. The number of rotatable bonds is 4. The van der Waals surface area contributed by atoms with Crippen molar-refractivity contribution in [1.82, 2.24) is 16.2 Å². The molecule has 5 nitrogen and oxygen atoms in total. The van der Waals surface area contributed by atoms with Crippen molar-refractivity contribution in [1.29, 1.82) is 0 Å². The predicted octanol–water partition coefficient (Wildman–Crippen LogP) is -1.84. The first-order valence-corrected chi connectivity index (χ1v) is 3.03. The van der Waals surface area contributed by atoms with Crippen molar-refractivity contribution in [3.63, 3.8) is 0 Å². The highest BCUT2D eigenvalue weighted by Crippen LogP contribution is 1.70. The second-order valence-corrected chi connectivity index (χ2v) is 1.84. The molecule has 5 heteroatoms. The Balaban J connectivity index is 3.37. The Bertz CT molecular complexity index is 107. The van der Waals surface area contributed by atoms with Crippen molar-refractivity contribution in [3.8, 4) is 0 Å². The maximum Gasteiger partial charge on any atom is 0.246 e. The summed E-state index contributed by atoms with van der Waals surface area (Å²) in [4.78, 5) is 10.5. The van der Waals surface area contributed by atoms with Gasteiger partial charge in [0.2, 0.25) is 5.91 Å². The Labute approximate surface area is 59.8 Å². The third kappa shape index (κ3) is 4.25. The van der Waals surface area contributed by atoms with Gasteiger partial charge in [-0.05, 0) is 14.0 Å². The molecule has 10 heavy (non-hydrogen) atoms. The third-order valence-corrected chi connectivity index (χ3v) is 0.882. The zero-order valence-corrected chi connectivity index (χ0v) is 6.14. The summed E-state index contributed by atoms with van der Waals surface area (Å²) in [6, 6.07) is 0. The second kappa shape index (κ2) is 5.16. The van der Waals surface area contributed by atoms with Gasteiger partial charge in [-0.15, -0.1) is 0 Å². The van der Waals surface area contributed by atoms with Crippen LogP contribution in [0.2, 0.25) is 0 Å². The van der Waals surface area contributed by atoms with Crippen LogP contribution in [0.4, 0.5) is 0 Å². The highest BCUT2D eigenvalue weighted by Gasteiger charge is 2.02. The maximum atomic E-state index is 10.5. The number of hydrogen-bond acceptors (Lipinski definition) is 4. The number of carbonyl (C=O) groups excluding carboxylic acids is 1. The molecule has 0 fully saturated rings. The number of aliphatic hydroxyl groups is 1. The van der Waals surface area contributed by atoms with Crippen molar-refractivity contribution in [2.24, 2.45) is 0 Å². The van der Waals surface area contributed by atoms with Crippen LogP contribution in [-0.2, 0) is 4.79 Å². The fourth-order valence-electron chi connectivity index (χ4n) is 0.540. The average molecular weight is 147 g/mol. The van der Waals surface area contributed by atoms with Gasteiger partial charge in [-0.1, -0.05) is 0 Å². The van der Waals surface area contributed by atoms with E-state index in [0.29, 0.717) is 0 Å². The van der Waals surface area contributed by atoms with E-state index in [0.717, 1.165) is 0 Å². The SMILES string of the molecule is CNNC(C)NC(=O)CO. The Morgan fingerprint density at radius 1 is 1.70 bits per heavy atom. The van der Waals surface area contributed by atoms with Crippen LogP contribution in [0, 0.1) is 0 Å². The molecule has 0 saturated heterocycles. The lowest BCUT2D eigenvalue weighted by Gasteiger charge is -2.13. The molecule has 4 N–H and O–H groups in total. The van der Waals surface area contributed by atoms with Crippen LogP contribution in [0.25, 0.3) is 0 Å². The minimum absolute atomic E-state index is 0.176. The molecule has 0 radical (unpaired) electrons. The smallest absolute Gasteiger partial charge is 0.246 e. The zero-order valence-electron chi connectivity index (χ0n) is 6.14. The predicted molar refractivity (Wildman–Crippen MR) is 36.9 cm³/mol. The van der Waals surface area contributed by atoms with Gasteiger partial charge in [-0.25, -0.2) is 5.43 Å². The van der Waals surface area contributed by atoms with Crippen LogP contribution in [-0.4, -0.2) is 30.8 Å². The van der Waals surface area contributed by atoms with E-state index in [1.54, 1.807) is 14.0 Å². The number of amides is 1. The minimum Gasteiger partial charge on any atom is -0.387 e. The number of carbonyl (C=O) groups is 1. The lowest BCUT2D eigenvalue weighted by Crippen LogP contribution is -2.48. The van der Waals surface area contributed by atoms with Crippen molar-refractivity contribution < 1.29 is 9.90 Å². The molecule has 0 aromatic rings. The number of hydrazine groups is 1. The summed E-state index contributed by atoms with van der Waals surface area (Å²) in [5.74, 6) is -0.393. The summed E-state index contributed by atoms with van der Waals surface area (Å²) in [6.45, 7) is 1.28. The molecule has 0 heterocycles. The Kier molecular flexibility index (Phi) is 4.82. The highest BCUT2D eigenvalue weighted by molar-refractivity contribution is 5.77. The van der Waals surface area contributed by atoms with Crippen molar-refractivity contribution in [3.05, 3.63) is 0 Å². The summed E-state index contributed by atoms with van der Waals surface area (Å²) in [6.07, 6.45) is -0.176. The first-order valence-electron chi connectivity index (χ1n) is 3.03. The summed E-state index contributed by atoms with van der Waals surface area (Å²) in [5.41, 5.74) is 5.37. The van der Waals surface area contributed by atoms with Crippen molar-refractivity contribution >= 4 is 5.91 Å². The lowest BCUT2D eigenvalue weighted by atomic mass is 10.5. The molecular formula is C5H13N3O2. The van der Waals surface area contributed by atoms with Gasteiger partial charge < -0.3 is 10.4 Å². The van der Waals surface area contributed by atoms with Gasteiger partial charge in [-0.2, -0.15) is 0 Å². The molecule has 1 unspecified atom stereocenters. The number of aliphatic hydroxyl groups excluding tert-OH is 1. The largest absolute Gasteiger partial charge is 0.387 e. The molecular weight excluding hydrogens is 134 g/mol. The van der Waals surface area contributed by atoms with E-state index in [9.17, 15) is 4.79 Å². The van der Waals surface area contributed by atoms with Crippen LogP contribution in [0.3, 0.4) is 0 Å². The molecule has 0 aliphatic carbocycles. The quantitative estimate of drug-likeness (QED) is 0.279. The van der Waals surface area contributed by atoms with Gasteiger partial charge in [0.25, 0.3) is 0 Å². The molecule has 0 aliphatic heterocycles. The van der Waals surface area contributed by atoms with E-state index in [-0.39, 0.29) is 6.17 Å². The van der Waals surface area contributed by atoms with Crippen LogP contribution < -0.4 is 16.2 Å². The van der Waals surface area contributed by atoms with E-state index in [2.05, 4.69) is 16.2 Å². The van der Waals surface area contributed by atoms with Crippen LogP contribution in [0.15, 0.2) is 0 Å². The second-order valence-electron chi connectivity index (χ2n) is 1.84. The monoisotopic (exact) mass is 147 g/mol. The van der Waals surface area contributed by atoms with E-state index < -0.39 is 12.5 Å². The van der Waals surface area contributed by atoms with Gasteiger partial charge in [0.1, 0.15) is 6.61 Å². The summed E-state index contributed by atoms with van der Waals surface area (Å²) in [5, 5.41) is 10.8.